The van der Waals surface area contributed by atoms with Crippen molar-refractivity contribution in [3.05, 3.63) is 11.7 Å². The van der Waals surface area contributed by atoms with E-state index in [1.165, 1.54) is 6.92 Å². The molecule has 0 amide bonds. The van der Waals surface area contributed by atoms with Crippen LogP contribution in [-0.4, -0.2) is 28.3 Å². The van der Waals surface area contributed by atoms with E-state index in [1.54, 1.807) is 13.8 Å². The summed E-state index contributed by atoms with van der Waals surface area (Å²) in [6.07, 6.45) is 0.154. The minimum Gasteiger partial charge on any atom is -0.478 e. The fourth-order valence-electron chi connectivity index (χ4n) is 1.10. The maximum Gasteiger partial charge on any atom is 0.327 e. The quantitative estimate of drug-likeness (QED) is 0.535. The summed E-state index contributed by atoms with van der Waals surface area (Å²) in [4.78, 5) is 22.4. The van der Waals surface area contributed by atoms with Gasteiger partial charge in [0.1, 0.15) is 6.10 Å². The van der Waals surface area contributed by atoms with E-state index in [-0.39, 0.29) is 12.8 Å². The minimum atomic E-state index is -1.25. The van der Waals surface area contributed by atoms with Gasteiger partial charge in [-0.3, -0.25) is 9.59 Å². The van der Waals surface area contributed by atoms with Crippen molar-refractivity contribution in [2.45, 2.75) is 52.6 Å². The second-order valence-electron chi connectivity index (χ2n) is 3.79. The van der Waals surface area contributed by atoms with Crippen LogP contribution in [0, 0.1) is 0 Å². The molecule has 104 valence electrons. The summed E-state index contributed by atoms with van der Waals surface area (Å²) in [5, 5.41) is 18.8. The maximum absolute atomic E-state index is 11.3. The number of carbonyl (C=O) groups excluding carboxylic acids is 2. The molecule has 0 saturated carbocycles. The van der Waals surface area contributed by atoms with Gasteiger partial charge >= 0.3 is 17.9 Å². The fourth-order valence-corrected chi connectivity index (χ4v) is 1.10. The van der Waals surface area contributed by atoms with E-state index in [1.807, 2.05) is 0 Å². The molecule has 6 nitrogen and oxygen atoms in total. The summed E-state index contributed by atoms with van der Waals surface area (Å²) in [6.45, 7) is 4.85. The summed E-state index contributed by atoms with van der Waals surface area (Å²) < 4.78 is 9.31. The maximum atomic E-state index is 11.3. The fraction of sp³-hybridized carbons (Fsp3) is 0.667. The highest BCUT2D eigenvalue weighted by Gasteiger charge is 2.20. The second-order valence-corrected chi connectivity index (χ2v) is 3.79. The van der Waals surface area contributed by atoms with Crippen LogP contribution in [0.15, 0.2) is 11.7 Å². The highest BCUT2D eigenvalue weighted by atomic mass is 16.6. The van der Waals surface area contributed by atoms with Crippen LogP contribution in [-0.2, 0) is 19.1 Å². The number of hydrogen-bond acceptors (Lipinski definition) is 6. The molecule has 0 bridgehead atoms. The van der Waals surface area contributed by atoms with Crippen LogP contribution in [0.25, 0.3) is 0 Å². The van der Waals surface area contributed by atoms with E-state index < -0.39 is 29.7 Å². The number of ether oxygens (including phenoxy) is 2. The number of esters is 2. The third-order valence-corrected chi connectivity index (χ3v) is 1.93. The van der Waals surface area contributed by atoms with Gasteiger partial charge in [0, 0.05) is 12.8 Å². The van der Waals surface area contributed by atoms with Gasteiger partial charge in [-0.15, -0.1) is 0 Å². The van der Waals surface area contributed by atoms with Crippen LogP contribution in [0.5, 0.6) is 0 Å². The van der Waals surface area contributed by atoms with E-state index in [9.17, 15) is 19.8 Å². The van der Waals surface area contributed by atoms with Crippen molar-refractivity contribution in [3.63, 3.8) is 0 Å². The molecule has 0 aromatic rings. The zero-order valence-electron chi connectivity index (χ0n) is 10.9. The van der Waals surface area contributed by atoms with Crippen molar-refractivity contribution in [2.75, 3.05) is 0 Å². The molecular weight excluding hydrogens is 240 g/mol. The summed E-state index contributed by atoms with van der Waals surface area (Å²) in [5.74, 6) is -2.57. The first-order valence-corrected chi connectivity index (χ1v) is 5.94. The third kappa shape index (κ3) is 6.24. The lowest BCUT2D eigenvalue weighted by molar-refractivity contribution is -0.149. The van der Waals surface area contributed by atoms with Gasteiger partial charge in [-0.05, 0) is 19.8 Å². The Hall–Kier alpha value is -1.56. The van der Waals surface area contributed by atoms with Crippen molar-refractivity contribution >= 4 is 11.9 Å². The van der Waals surface area contributed by atoms with Gasteiger partial charge < -0.3 is 19.7 Å². The molecule has 0 aliphatic heterocycles. The standard InChI is InChI=1S/C12H20O6/c1-4-6-9(14)17-11(8(3)13)12(16)18-10(15)7-5-2/h8,13,16H,4-7H2,1-3H3/b12-11+. The average molecular weight is 260 g/mol. The lowest BCUT2D eigenvalue weighted by Gasteiger charge is -2.12. The molecule has 0 heterocycles. The molecule has 0 fully saturated rings. The highest BCUT2D eigenvalue weighted by molar-refractivity contribution is 5.71. The van der Waals surface area contributed by atoms with Gasteiger partial charge in [0.25, 0.3) is 0 Å². The molecule has 0 aromatic heterocycles. The van der Waals surface area contributed by atoms with Crippen LogP contribution in [0.1, 0.15) is 46.5 Å². The van der Waals surface area contributed by atoms with Crippen molar-refractivity contribution in [1.29, 1.82) is 0 Å². The van der Waals surface area contributed by atoms with E-state index in [2.05, 4.69) is 4.74 Å². The van der Waals surface area contributed by atoms with E-state index >= 15 is 0 Å². The first-order chi connectivity index (χ1) is 8.42. The molecule has 2 N–H and O–H groups in total. The Balaban J connectivity index is 4.73. The predicted octanol–water partition coefficient (Wildman–Crippen LogP) is 1.78. The molecule has 0 saturated heterocycles. The Morgan fingerprint density at radius 2 is 1.50 bits per heavy atom. The number of aliphatic hydroxyl groups is 2. The number of aliphatic hydroxyl groups excluding tert-OH is 2. The van der Waals surface area contributed by atoms with E-state index in [4.69, 9.17) is 4.74 Å². The number of rotatable bonds is 7. The lowest BCUT2D eigenvalue weighted by atomic mass is 10.3. The Kier molecular flexibility index (Phi) is 7.78. The van der Waals surface area contributed by atoms with Gasteiger partial charge in [-0.1, -0.05) is 13.8 Å². The Bertz CT molecular complexity index is 319. The van der Waals surface area contributed by atoms with Crippen LogP contribution in [0.4, 0.5) is 0 Å². The third-order valence-electron chi connectivity index (χ3n) is 1.93. The summed E-state index contributed by atoms with van der Waals surface area (Å²) in [7, 11) is 0. The zero-order chi connectivity index (χ0) is 14.1. The van der Waals surface area contributed by atoms with Gasteiger partial charge in [-0.25, -0.2) is 0 Å². The van der Waals surface area contributed by atoms with Crippen LogP contribution in [0.3, 0.4) is 0 Å². The molecule has 6 heteroatoms. The molecule has 0 aromatic carbocycles. The second kappa shape index (κ2) is 8.52. The number of hydrogen-bond donors (Lipinski definition) is 2. The largest absolute Gasteiger partial charge is 0.478 e. The Labute approximate surface area is 106 Å². The normalized spacial score (nSPS) is 13.6. The first kappa shape index (κ1) is 16.4. The van der Waals surface area contributed by atoms with Crippen LogP contribution < -0.4 is 0 Å². The van der Waals surface area contributed by atoms with Crippen molar-refractivity contribution in [1.82, 2.24) is 0 Å². The molecule has 0 spiro atoms. The van der Waals surface area contributed by atoms with Crippen LogP contribution >= 0.6 is 0 Å². The molecule has 0 aliphatic carbocycles. The van der Waals surface area contributed by atoms with E-state index in [0.29, 0.717) is 12.8 Å². The molecular formula is C12H20O6. The first-order valence-electron chi connectivity index (χ1n) is 5.94. The van der Waals surface area contributed by atoms with Crippen molar-refractivity contribution in [2.24, 2.45) is 0 Å². The smallest absolute Gasteiger partial charge is 0.327 e. The zero-order valence-corrected chi connectivity index (χ0v) is 10.9. The van der Waals surface area contributed by atoms with Crippen LogP contribution in [0.2, 0.25) is 0 Å². The molecule has 0 rings (SSSR count). The van der Waals surface area contributed by atoms with Gasteiger partial charge in [0.15, 0.2) is 0 Å². The highest BCUT2D eigenvalue weighted by Crippen LogP contribution is 2.13. The predicted molar refractivity (Wildman–Crippen MR) is 63.3 cm³/mol. The summed E-state index contributed by atoms with van der Waals surface area (Å²) >= 11 is 0. The molecule has 1 unspecified atom stereocenters. The molecule has 18 heavy (non-hydrogen) atoms. The lowest BCUT2D eigenvalue weighted by Crippen LogP contribution is -2.18. The summed E-state index contributed by atoms with van der Waals surface area (Å²) in [5.41, 5.74) is 0. The van der Waals surface area contributed by atoms with Gasteiger partial charge in [0.05, 0.1) is 0 Å². The SMILES string of the molecule is CCCC(=O)O/C(O)=C(/OC(=O)CCC)C(C)O. The molecule has 1 atom stereocenters. The van der Waals surface area contributed by atoms with Gasteiger partial charge in [0.2, 0.25) is 5.76 Å². The van der Waals surface area contributed by atoms with Crippen molar-refractivity contribution < 1.29 is 29.3 Å². The monoisotopic (exact) mass is 260 g/mol. The number of carbonyl (C=O) groups is 2. The Morgan fingerprint density at radius 3 is 1.89 bits per heavy atom. The molecule has 0 radical (unpaired) electrons. The average Bonchev–Trinajstić information content (AvgIpc) is 2.25. The minimum absolute atomic E-state index is 0.125. The molecule has 0 aliphatic rings. The van der Waals surface area contributed by atoms with Crippen molar-refractivity contribution in [3.8, 4) is 0 Å². The van der Waals surface area contributed by atoms with E-state index in [0.717, 1.165) is 0 Å². The van der Waals surface area contributed by atoms with Gasteiger partial charge in [-0.2, -0.15) is 0 Å². The summed E-state index contributed by atoms with van der Waals surface area (Å²) in [6, 6.07) is 0. The Morgan fingerprint density at radius 1 is 1.06 bits per heavy atom. The topological polar surface area (TPSA) is 93.1 Å².